The minimum Gasteiger partial charge on any atom is -0.314 e. The SMILES string of the molecule is CC(C)(C)[C@@H](c1cc(F)c(F)cc1F)N1CCNCC1. The Morgan fingerprint density at radius 2 is 1.55 bits per heavy atom. The molecule has 1 saturated heterocycles. The average Bonchev–Trinajstić information content (AvgIpc) is 2.35. The van der Waals surface area contributed by atoms with Gasteiger partial charge in [-0.05, 0) is 11.5 Å². The van der Waals surface area contributed by atoms with Gasteiger partial charge in [0.25, 0.3) is 0 Å². The van der Waals surface area contributed by atoms with Gasteiger partial charge in [-0.3, -0.25) is 4.90 Å². The molecule has 1 aliphatic heterocycles. The van der Waals surface area contributed by atoms with Crippen LogP contribution in [0.5, 0.6) is 0 Å². The normalized spacial score (nSPS) is 19.1. The lowest BCUT2D eigenvalue weighted by atomic mass is 9.80. The van der Waals surface area contributed by atoms with Crippen LogP contribution in [-0.2, 0) is 0 Å². The summed E-state index contributed by atoms with van der Waals surface area (Å²) in [6.45, 7) is 9.12. The zero-order chi connectivity index (χ0) is 14.9. The molecule has 5 heteroatoms. The second kappa shape index (κ2) is 5.74. The molecule has 0 amide bonds. The Morgan fingerprint density at radius 3 is 2.10 bits per heavy atom. The van der Waals surface area contributed by atoms with Gasteiger partial charge >= 0.3 is 0 Å². The molecule has 0 aliphatic carbocycles. The van der Waals surface area contributed by atoms with Gasteiger partial charge in [-0.25, -0.2) is 13.2 Å². The van der Waals surface area contributed by atoms with Crippen molar-refractivity contribution in [1.82, 2.24) is 10.2 Å². The molecule has 2 nitrogen and oxygen atoms in total. The Labute approximate surface area is 118 Å². The van der Waals surface area contributed by atoms with Crippen LogP contribution in [0, 0.1) is 22.9 Å². The summed E-state index contributed by atoms with van der Waals surface area (Å²) in [5.74, 6) is -2.81. The molecule has 1 aromatic rings. The molecule has 0 spiro atoms. The first-order valence-electron chi connectivity index (χ1n) is 6.90. The maximum atomic E-state index is 14.1. The molecule has 1 aliphatic rings. The van der Waals surface area contributed by atoms with Crippen LogP contribution in [0.4, 0.5) is 13.2 Å². The van der Waals surface area contributed by atoms with Crippen molar-refractivity contribution in [1.29, 1.82) is 0 Å². The van der Waals surface area contributed by atoms with Crippen molar-refractivity contribution in [3.05, 3.63) is 35.1 Å². The Balaban J connectivity index is 2.43. The van der Waals surface area contributed by atoms with Gasteiger partial charge in [-0.2, -0.15) is 0 Å². The second-order valence-corrected chi connectivity index (χ2v) is 6.34. The van der Waals surface area contributed by atoms with Crippen molar-refractivity contribution in [2.75, 3.05) is 26.2 Å². The summed E-state index contributed by atoms with van der Waals surface area (Å²) < 4.78 is 40.7. The standard InChI is InChI=1S/C15H21F3N2/c1-15(2,3)14(20-6-4-19-5-7-20)10-8-12(17)13(18)9-11(10)16/h8-9,14,19H,4-7H2,1-3H3/t14-/m1/s1. The van der Waals surface area contributed by atoms with Gasteiger partial charge in [0.05, 0.1) is 0 Å². The highest BCUT2D eigenvalue weighted by Crippen LogP contribution is 2.39. The van der Waals surface area contributed by atoms with Gasteiger partial charge < -0.3 is 5.32 Å². The third kappa shape index (κ3) is 3.15. The molecule has 0 aromatic heterocycles. The van der Waals surface area contributed by atoms with Crippen molar-refractivity contribution in [3.63, 3.8) is 0 Å². The van der Waals surface area contributed by atoms with Gasteiger partial charge in [-0.1, -0.05) is 20.8 Å². The van der Waals surface area contributed by atoms with E-state index in [2.05, 4.69) is 10.2 Å². The van der Waals surface area contributed by atoms with E-state index < -0.39 is 17.5 Å². The van der Waals surface area contributed by atoms with Crippen LogP contribution in [0.1, 0.15) is 32.4 Å². The fourth-order valence-electron chi connectivity index (χ4n) is 2.90. The number of piperazine rings is 1. The lowest BCUT2D eigenvalue weighted by Crippen LogP contribution is -2.48. The summed E-state index contributed by atoms with van der Waals surface area (Å²) in [6.07, 6.45) is 0. The van der Waals surface area contributed by atoms with Gasteiger partial charge in [0.1, 0.15) is 5.82 Å². The first kappa shape index (κ1) is 15.3. The Hall–Kier alpha value is -1.07. The summed E-state index contributed by atoms with van der Waals surface area (Å²) in [7, 11) is 0. The first-order valence-corrected chi connectivity index (χ1v) is 6.90. The van der Waals surface area contributed by atoms with E-state index in [-0.39, 0.29) is 17.0 Å². The number of hydrogen-bond donors (Lipinski definition) is 1. The van der Waals surface area contributed by atoms with Crippen molar-refractivity contribution in [3.8, 4) is 0 Å². The number of benzene rings is 1. The fourth-order valence-corrected chi connectivity index (χ4v) is 2.90. The molecule has 1 atom stereocenters. The van der Waals surface area contributed by atoms with Crippen LogP contribution in [0.2, 0.25) is 0 Å². The molecule has 2 rings (SSSR count). The van der Waals surface area contributed by atoms with E-state index in [4.69, 9.17) is 0 Å². The molecule has 1 heterocycles. The zero-order valence-electron chi connectivity index (χ0n) is 12.1. The molecule has 0 saturated carbocycles. The van der Waals surface area contributed by atoms with Gasteiger partial charge in [-0.15, -0.1) is 0 Å². The van der Waals surface area contributed by atoms with Gasteiger partial charge in [0, 0.05) is 43.9 Å². The number of nitrogens with one attached hydrogen (secondary N) is 1. The summed E-state index contributed by atoms with van der Waals surface area (Å²) in [5.41, 5.74) is -0.0408. The molecule has 1 aromatic carbocycles. The number of halogens is 3. The Morgan fingerprint density at radius 1 is 1.00 bits per heavy atom. The maximum Gasteiger partial charge on any atom is 0.161 e. The lowest BCUT2D eigenvalue weighted by molar-refractivity contribution is 0.0830. The van der Waals surface area contributed by atoms with Crippen molar-refractivity contribution in [2.24, 2.45) is 5.41 Å². The predicted octanol–water partition coefficient (Wildman–Crippen LogP) is 3.10. The summed E-state index contributed by atoms with van der Waals surface area (Å²) in [4.78, 5) is 2.13. The highest BCUT2D eigenvalue weighted by Gasteiger charge is 2.35. The predicted molar refractivity (Wildman–Crippen MR) is 73.0 cm³/mol. The van der Waals surface area contributed by atoms with Crippen LogP contribution in [0.25, 0.3) is 0 Å². The number of nitrogens with zero attached hydrogens (tertiary/aromatic N) is 1. The third-order valence-corrected chi connectivity index (χ3v) is 3.67. The fraction of sp³-hybridized carbons (Fsp3) is 0.600. The van der Waals surface area contributed by atoms with Crippen molar-refractivity contribution in [2.45, 2.75) is 26.8 Å². The molecule has 0 bridgehead atoms. The van der Waals surface area contributed by atoms with E-state index in [0.29, 0.717) is 6.07 Å². The van der Waals surface area contributed by atoms with Crippen LogP contribution in [0.15, 0.2) is 12.1 Å². The van der Waals surface area contributed by atoms with Gasteiger partial charge in [0.15, 0.2) is 11.6 Å². The molecule has 0 unspecified atom stereocenters. The van der Waals surface area contributed by atoms with E-state index in [1.807, 2.05) is 20.8 Å². The average molecular weight is 286 g/mol. The number of rotatable bonds is 2. The molecule has 1 N–H and O–H groups in total. The molecule has 112 valence electrons. The Kier molecular flexibility index (Phi) is 4.39. The summed E-state index contributed by atoms with van der Waals surface area (Å²) >= 11 is 0. The van der Waals surface area contributed by atoms with E-state index in [0.717, 1.165) is 32.2 Å². The third-order valence-electron chi connectivity index (χ3n) is 3.67. The molecule has 1 fully saturated rings. The number of hydrogen-bond acceptors (Lipinski definition) is 2. The summed E-state index contributed by atoms with van der Waals surface area (Å²) in [6, 6.07) is 1.37. The van der Waals surface area contributed by atoms with Crippen LogP contribution < -0.4 is 5.32 Å². The smallest absolute Gasteiger partial charge is 0.161 e. The Bertz CT molecular complexity index is 477. The molecule has 0 radical (unpaired) electrons. The van der Waals surface area contributed by atoms with E-state index in [1.165, 1.54) is 0 Å². The largest absolute Gasteiger partial charge is 0.314 e. The topological polar surface area (TPSA) is 15.3 Å². The van der Waals surface area contributed by atoms with E-state index in [1.54, 1.807) is 0 Å². The minimum atomic E-state index is -1.14. The highest BCUT2D eigenvalue weighted by molar-refractivity contribution is 5.25. The quantitative estimate of drug-likeness (QED) is 0.840. The summed E-state index contributed by atoms with van der Waals surface area (Å²) in [5, 5.41) is 3.24. The maximum absolute atomic E-state index is 14.1. The van der Waals surface area contributed by atoms with Crippen molar-refractivity contribution >= 4 is 0 Å². The van der Waals surface area contributed by atoms with Crippen molar-refractivity contribution < 1.29 is 13.2 Å². The van der Waals surface area contributed by atoms with E-state index in [9.17, 15) is 13.2 Å². The monoisotopic (exact) mass is 286 g/mol. The highest BCUT2D eigenvalue weighted by atomic mass is 19.2. The van der Waals surface area contributed by atoms with Crippen LogP contribution >= 0.6 is 0 Å². The van der Waals surface area contributed by atoms with Crippen LogP contribution in [-0.4, -0.2) is 31.1 Å². The molecule has 20 heavy (non-hydrogen) atoms. The van der Waals surface area contributed by atoms with E-state index >= 15 is 0 Å². The molecular weight excluding hydrogens is 265 g/mol. The minimum absolute atomic E-state index is 0.235. The van der Waals surface area contributed by atoms with Gasteiger partial charge in [0.2, 0.25) is 0 Å². The zero-order valence-corrected chi connectivity index (χ0v) is 12.1. The van der Waals surface area contributed by atoms with Crippen LogP contribution in [0.3, 0.4) is 0 Å². The second-order valence-electron chi connectivity index (χ2n) is 6.34. The lowest BCUT2D eigenvalue weighted by Gasteiger charge is -2.42. The first-order chi connectivity index (χ1) is 9.30. The molecular formula is C15H21F3N2.